The van der Waals surface area contributed by atoms with E-state index in [2.05, 4.69) is 10.9 Å². The number of esters is 1. The Labute approximate surface area is 179 Å². The number of nitrogens with one attached hydrogen (secondary N) is 2. The van der Waals surface area contributed by atoms with Crippen molar-refractivity contribution >= 4 is 29.4 Å². The highest BCUT2D eigenvalue weighted by atomic mass is 16.5. The lowest BCUT2D eigenvalue weighted by Crippen LogP contribution is -2.43. The van der Waals surface area contributed by atoms with Gasteiger partial charge in [-0.15, -0.1) is 0 Å². The van der Waals surface area contributed by atoms with Gasteiger partial charge in [-0.3, -0.25) is 30.0 Å². The first-order valence-electron chi connectivity index (χ1n) is 9.82. The van der Waals surface area contributed by atoms with E-state index in [1.54, 1.807) is 54.6 Å². The first-order chi connectivity index (χ1) is 15.0. The lowest BCUT2D eigenvalue weighted by molar-refractivity contribution is -0.152. The molecule has 2 N–H and O–H groups in total. The molecule has 2 aromatic carbocycles. The molecule has 0 saturated carbocycles. The van der Waals surface area contributed by atoms with Gasteiger partial charge in [-0.05, 0) is 43.3 Å². The summed E-state index contributed by atoms with van der Waals surface area (Å²) in [4.78, 5) is 49.8. The molecule has 0 bridgehead atoms. The molecule has 9 heteroatoms. The highest BCUT2D eigenvalue weighted by Crippen LogP contribution is 2.27. The van der Waals surface area contributed by atoms with E-state index < -0.39 is 30.3 Å². The van der Waals surface area contributed by atoms with Crippen molar-refractivity contribution in [1.29, 1.82) is 0 Å². The highest BCUT2D eigenvalue weighted by Gasteiger charge is 2.36. The van der Waals surface area contributed by atoms with Crippen LogP contribution in [-0.4, -0.2) is 43.4 Å². The highest BCUT2D eigenvalue weighted by molar-refractivity contribution is 6.00. The SMILES string of the molecule is CCOc1ccc(N2C[C@H](C(=O)OCC(=O)NNC(=O)c3ccccc3)CC2=O)cc1. The zero-order valence-corrected chi connectivity index (χ0v) is 17.0. The minimum absolute atomic E-state index is 0.00158. The molecule has 0 aliphatic carbocycles. The van der Waals surface area contributed by atoms with Crippen LogP contribution in [0.15, 0.2) is 54.6 Å². The Morgan fingerprint density at radius 2 is 1.74 bits per heavy atom. The molecule has 1 aliphatic heterocycles. The van der Waals surface area contributed by atoms with E-state index in [1.165, 1.54) is 4.90 Å². The topological polar surface area (TPSA) is 114 Å². The van der Waals surface area contributed by atoms with Gasteiger partial charge in [0.1, 0.15) is 5.75 Å². The normalized spacial score (nSPS) is 15.3. The molecule has 1 heterocycles. The molecular weight excluding hydrogens is 402 g/mol. The summed E-state index contributed by atoms with van der Waals surface area (Å²) in [5.41, 5.74) is 5.45. The summed E-state index contributed by atoms with van der Waals surface area (Å²) in [6, 6.07) is 15.3. The van der Waals surface area contributed by atoms with Crippen LogP contribution in [-0.2, 0) is 19.1 Å². The van der Waals surface area contributed by atoms with Gasteiger partial charge in [-0.2, -0.15) is 0 Å². The number of amides is 3. The molecule has 3 rings (SSSR count). The molecule has 9 nitrogen and oxygen atoms in total. The van der Waals surface area contributed by atoms with Gasteiger partial charge in [0.2, 0.25) is 5.91 Å². The molecule has 0 spiro atoms. The molecule has 0 unspecified atom stereocenters. The Balaban J connectivity index is 1.44. The van der Waals surface area contributed by atoms with Gasteiger partial charge in [0.25, 0.3) is 11.8 Å². The van der Waals surface area contributed by atoms with Gasteiger partial charge in [-0.25, -0.2) is 0 Å². The van der Waals surface area contributed by atoms with Crippen LogP contribution in [0.1, 0.15) is 23.7 Å². The van der Waals surface area contributed by atoms with Gasteiger partial charge in [-0.1, -0.05) is 18.2 Å². The second-order valence-electron chi connectivity index (χ2n) is 6.81. The van der Waals surface area contributed by atoms with E-state index in [-0.39, 0.29) is 18.9 Å². The lowest BCUT2D eigenvalue weighted by Gasteiger charge is -2.17. The quantitative estimate of drug-likeness (QED) is 0.513. The number of anilines is 1. The number of nitrogens with zero attached hydrogens (tertiary/aromatic N) is 1. The fourth-order valence-corrected chi connectivity index (χ4v) is 3.08. The van der Waals surface area contributed by atoms with Gasteiger partial charge in [0.15, 0.2) is 6.61 Å². The van der Waals surface area contributed by atoms with Crippen molar-refractivity contribution in [1.82, 2.24) is 10.9 Å². The summed E-state index contributed by atoms with van der Waals surface area (Å²) in [6.45, 7) is 2.02. The van der Waals surface area contributed by atoms with Crippen molar-refractivity contribution in [2.45, 2.75) is 13.3 Å². The summed E-state index contributed by atoms with van der Waals surface area (Å²) in [5.74, 6) is -2.01. The maximum atomic E-state index is 12.3. The van der Waals surface area contributed by atoms with Gasteiger partial charge >= 0.3 is 5.97 Å². The maximum Gasteiger partial charge on any atom is 0.311 e. The summed E-state index contributed by atoms with van der Waals surface area (Å²) in [7, 11) is 0. The van der Waals surface area contributed by atoms with Crippen LogP contribution in [0.2, 0.25) is 0 Å². The Hall–Kier alpha value is -3.88. The van der Waals surface area contributed by atoms with Crippen molar-refractivity contribution in [2.75, 3.05) is 24.7 Å². The van der Waals surface area contributed by atoms with E-state index in [0.717, 1.165) is 0 Å². The molecular formula is C22H23N3O6. The van der Waals surface area contributed by atoms with Crippen molar-refractivity contribution in [2.24, 2.45) is 5.92 Å². The molecule has 2 aromatic rings. The summed E-state index contributed by atoms with van der Waals surface area (Å²) >= 11 is 0. The fourth-order valence-electron chi connectivity index (χ4n) is 3.08. The Morgan fingerprint density at radius 3 is 2.42 bits per heavy atom. The van der Waals surface area contributed by atoms with Gasteiger partial charge in [0, 0.05) is 24.2 Å². The molecule has 1 saturated heterocycles. The minimum Gasteiger partial charge on any atom is -0.494 e. The average Bonchev–Trinajstić information content (AvgIpc) is 3.18. The van der Waals surface area contributed by atoms with E-state index in [4.69, 9.17) is 9.47 Å². The van der Waals surface area contributed by atoms with Crippen LogP contribution >= 0.6 is 0 Å². The number of rotatable bonds is 7. The number of benzene rings is 2. The van der Waals surface area contributed by atoms with Gasteiger partial charge < -0.3 is 14.4 Å². The van der Waals surface area contributed by atoms with Crippen LogP contribution < -0.4 is 20.5 Å². The summed E-state index contributed by atoms with van der Waals surface area (Å²) in [6.07, 6.45) is -0.00158. The monoisotopic (exact) mass is 425 g/mol. The Morgan fingerprint density at radius 1 is 1.03 bits per heavy atom. The van der Waals surface area contributed by atoms with E-state index in [0.29, 0.717) is 23.6 Å². The number of carbonyl (C=O) groups excluding carboxylic acids is 4. The molecule has 1 atom stereocenters. The fraction of sp³-hybridized carbons (Fsp3) is 0.273. The Bertz CT molecular complexity index is 945. The summed E-state index contributed by atoms with van der Waals surface area (Å²) < 4.78 is 10.4. The third-order valence-corrected chi connectivity index (χ3v) is 4.61. The minimum atomic E-state index is -0.690. The van der Waals surface area contributed by atoms with Crippen molar-refractivity contribution in [3.63, 3.8) is 0 Å². The average molecular weight is 425 g/mol. The van der Waals surface area contributed by atoms with Crippen LogP contribution in [0.4, 0.5) is 5.69 Å². The second kappa shape index (κ2) is 10.2. The standard InChI is InChI=1S/C22H23N3O6/c1-2-30-18-10-8-17(9-11-18)25-13-16(12-20(25)27)22(29)31-14-19(26)23-24-21(28)15-6-4-3-5-7-15/h3-11,16H,2,12-14H2,1H3,(H,23,26)(H,24,28)/t16-/m1/s1. The first-order valence-corrected chi connectivity index (χ1v) is 9.82. The Kier molecular flexibility index (Phi) is 7.21. The number of hydrogen-bond acceptors (Lipinski definition) is 6. The first kappa shape index (κ1) is 21.8. The zero-order chi connectivity index (χ0) is 22.2. The van der Waals surface area contributed by atoms with Crippen molar-refractivity contribution < 1.29 is 28.7 Å². The largest absolute Gasteiger partial charge is 0.494 e. The molecule has 1 fully saturated rings. The van der Waals surface area contributed by atoms with E-state index in [9.17, 15) is 19.2 Å². The third kappa shape index (κ3) is 5.81. The van der Waals surface area contributed by atoms with E-state index >= 15 is 0 Å². The van der Waals surface area contributed by atoms with Gasteiger partial charge in [0.05, 0.1) is 12.5 Å². The summed E-state index contributed by atoms with van der Waals surface area (Å²) in [5, 5.41) is 0. The zero-order valence-electron chi connectivity index (χ0n) is 17.0. The molecule has 0 aromatic heterocycles. The molecule has 1 aliphatic rings. The molecule has 162 valence electrons. The number of carbonyl (C=O) groups is 4. The number of hydrogen-bond donors (Lipinski definition) is 2. The number of ether oxygens (including phenoxy) is 2. The lowest BCUT2D eigenvalue weighted by atomic mass is 10.1. The van der Waals surface area contributed by atoms with Crippen molar-refractivity contribution in [3.05, 3.63) is 60.2 Å². The van der Waals surface area contributed by atoms with Crippen LogP contribution in [0.3, 0.4) is 0 Å². The smallest absolute Gasteiger partial charge is 0.311 e. The predicted molar refractivity (Wildman–Crippen MR) is 111 cm³/mol. The van der Waals surface area contributed by atoms with Crippen LogP contribution in [0.5, 0.6) is 5.75 Å². The van der Waals surface area contributed by atoms with Crippen LogP contribution in [0, 0.1) is 5.92 Å². The maximum absolute atomic E-state index is 12.3. The third-order valence-electron chi connectivity index (χ3n) is 4.61. The molecule has 31 heavy (non-hydrogen) atoms. The van der Waals surface area contributed by atoms with E-state index in [1.807, 2.05) is 6.92 Å². The second-order valence-corrected chi connectivity index (χ2v) is 6.81. The van der Waals surface area contributed by atoms with Crippen LogP contribution in [0.25, 0.3) is 0 Å². The number of hydrazine groups is 1. The molecule has 3 amide bonds. The molecule has 0 radical (unpaired) electrons. The van der Waals surface area contributed by atoms with Crippen molar-refractivity contribution in [3.8, 4) is 5.75 Å². The predicted octanol–water partition coefficient (Wildman–Crippen LogP) is 1.44.